The smallest absolute Gasteiger partial charge is 0.307 e. The molecule has 0 aromatic carbocycles. The molecule has 0 atom stereocenters. The van der Waals surface area contributed by atoms with Crippen LogP contribution in [0.4, 0.5) is 0 Å². The summed E-state index contributed by atoms with van der Waals surface area (Å²) in [5.41, 5.74) is 7.24. The van der Waals surface area contributed by atoms with Crippen LogP contribution < -0.4 is 0 Å². The topological polar surface area (TPSA) is 217 Å². The van der Waals surface area contributed by atoms with Gasteiger partial charge in [0.2, 0.25) is 0 Å². The van der Waals surface area contributed by atoms with Crippen molar-refractivity contribution >= 4 is 69.6 Å². The molecule has 0 rings (SSSR count). The summed E-state index contributed by atoms with van der Waals surface area (Å²) >= 11 is 0. The first-order valence-corrected chi connectivity index (χ1v) is 39.1. The van der Waals surface area contributed by atoms with Gasteiger partial charge in [0.25, 0.3) is 0 Å². The van der Waals surface area contributed by atoms with Crippen LogP contribution in [0.15, 0.2) is 39.9 Å². The normalized spacial score (nSPS) is 14.2. The first-order chi connectivity index (χ1) is 47.5. The average Bonchev–Trinajstić information content (AvgIpc) is 0.851. The number of esters is 4. The summed E-state index contributed by atoms with van der Waals surface area (Å²) in [6.07, 6.45) is 7.42. The zero-order chi connectivity index (χ0) is 76.3. The average molecular weight is 1510 g/mol. The Labute approximate surface area is 649 Å². The van der Waals surface area contributed by atoms with Gasteiger partial charge in [-0.3, -0.25) is 78.7 Å². The standard InChI is InChI=1S/C81H152N12O8.Y/c1-61(2)49-69(17)82-29-41-90(42-30-83-70(18)50-62(3)4)37-25-77(94)98-57-81(58-99-78(95)26-38-91(43-31-84-71(19)51-63(5)6)44-32-85-72(20)52-64(7)8,59-100-79(96)27-39-92(45-33-86-73(21)53-65(9)10)46-34-87-74(22)54-66(11)12)60-101-80(97)28-40-93(47-35-88-75(23)55-67(13)14)48-36-89-76(24)56-68(15)16;/h61-68H,25-60H2,1-24H3;. The Morgan fingerprint density at radius 2 is 0.373 bits per heavy atom. The maximum Gasteiger partial charge on any atom is 0.307 e. The number of carbonyl (C=O) groups is 4. The van der Waals surface area contributed by atoms with Crippen molar-refractivity contribution in [3.05, 3.63) is 0 Å². The first kappa shape index (κ1) is 100. The van der Waals surface area contributed by atoms with E-state index in [-0.39, 0.29) is 84.8 Å². The molecule has 587 valence electrons. The Morgan fingerprint density at radius 3 is 0.490 bits per heavy atom. The number of nitrogens with zero attached hydrogens (tertiary/aromatic N) is 12. The molecule has 0 aromatic heterocycles. The van der Waals surface area contributed by atoms with Crippen LogP contribution >= 0.6 is 0 Å². The minimum absolute atomic E-state index is 0. The Morgan fingerprint density at radius 1 is 0.245 bits per heavy atom. The molecule has 0 saturated heterocycles. The van der Waals surface area contributed by atoms with Gasteiger partial charge in [0, 0.05) is 157 Å². The second-order valence-corrected chi connectivity index (χ2v) is 32.2. The predicted octanol–water partition coefficient (Wildman–Crippen LogP) is 15.0. The number of aliphatic imine (C=N–C) groups is 8. The van der Waals surface area contributed by atoms with Crippen LogP contribution in [0.2, 0.25) is 0 Å². The van der Waals surface area contributed by atoms with E-state index >= 15 is 0 Å². The Kier molecular flexibility index (Phi) is 59.2. The molecule has 0 aliphatic carbocycles. The summed E-state index contributed by atoms with van der Waals surface area (Å²) in [5, 5.41) is 0. The van der Waals surface area contributed by atoms with Gasteiger partial charge in [-0.25, -0.2) is 0 Å². The van der Waals surface area contributed by atoms with Gasteiger partial charge in [0.05, 0.1) is 78.0 Å². The third kappa shape index (κ3) is 60.3. The molecule has 0 saturated carbocycles. The minimum atomic E-state index is -1.50. The summed E-state index contributed by atoms with van der Waals surface area (Å²) < 4.78 is 25.0. The maximum absolute atomic E-state index is 14.3. The fourth-order valence-corrected chi connectivity index (χ4v) is 12.1. The van der Waals surface area contributed by atoms with Gasteiger partial charge in [0.15, 0.2) is 0 Å². The number of hydrogen-bond acceptors (Lipinski definition) is 20. The van der Waals surface area contributed by atoms with Crippen LogP contribution in [-0.2, 0) is 70.8 Å². The van der Waals surface area contributed by atoms with Crippen LogP contribution in [0.1, 0.15) is 243 Å². The van der Waals surface area contributed by atoms with E-state index in [0.717, 1.165) is 97.1 Å². The van der Waals surface area contributed by atoms with Crippen molar-refractivity contribution in [1.29, 1.82) is 0 Å². The van der Waals surface area contributed by atoms with Crippen molar-refractivity contribution < 1.29 is 70.8 Å². The van der Waals surface area contributed by atoms with E-state index in [2.05, 4.69) is 186 Å². The Balaban J connectivity index is 0. The van der Waals surface area contributed by atoms with E-state index in [1.807, 2.05) is 0 Å². The van der Waals surface area contributed by atoms with Crippen molar-refractivity contribution in [2.75, 3.05) is 157 Å². The molecular weight excluding hydrogens is 1360 g/mol. The molecule has 21 heteroatoms. The van der Waals surface area contributed by atoms with E-state index in [1.54, 1.807) is 0 Å². The molecule has 0 N–H and O–H groups in total. The molecule has 0 spiro atoms. The molecule has 1 radical (unpaired) electrons. The van der Waals surface area contributed by atoms with E-state index in [4.69, 9.17) is 58.9 Å². The van der Waals surface area contributed by atoms with Gasteiger partial charge in [-0.1, -0.05) is 111 Å². The third-order valence-corrected chi connectivity index (χ3v) is 16.7. The van der Waals surface area contributed by atoms with Crippen LogP contribution in [0.3, 0.4) is 0 Å². The molecular formula is C81H152N12O8Y. The third-order valence-electron chi connectivity index (χ3n) is 16.7. The predicted molar refractivity (Wildman–Crippen MR) is 430 cm³/mol. The number of hydrogen-bond donors (Lipinski definition) is 0. The quantitative estimate of drug-likeness (QED) is 0.0316. The van der Waals surface area contributed by atoms with Gasteiger partial charge in [-0.05, 0) is 154 Å². The van der Waals surface area contributed by atoms with Crippen molar-refractivity contribution in [2.24, 2.45) is 92.7 Å². The Bertz CT molecular complexity index is 2080. The second-order valence-electron chi connectivity index (χ2n) is 32.2. The summed E-state index contributed by atoms with van der Waals surface area (Å²) in [6.45, 7) is 61.2. The zero-order valence-corrected chi connectivity index (χ0v) is 72.6. The van der Waals surface area contributed by atoms with Crippen LogP contribution in [0, 0.1) is 52.8 Å². The van der Waals surface area contributed by atoms with Gasteiger partial charge in [-0.2, -0.15) is 0 Å². The molecule has 0 bridgehead atoms. The van der Waals surface area contributed by atoms with Crippen LogP contribution in [0.5, 0.6) is 0 Å². The van der Waals surface area contributed by atoms with Crippen molar-refractivity contribution in [3.63, 3.8) is 0 Å². The van der Waals surface area contributed by atoms with E-state index in [1.165, 1.54) is 0 Å². The molecule has 0 fully saturated rings. The summed E-state index contributed by atoms with van der Waals surface area (Å²) in [7, 11) is 0. The Hall–Kier alpha value is -3.82. The molecule has 0 aromatic rings. The molecule has 0 unspecified atom stereocenters. The van der Waals surface area contributed by atoms with Crippen LogP contribution in [0.25, 0.3) is 0 Å². The summed E-state index contributed by atoms with van der Waals surface area (Å²) in [6, 6.07) is 0. The molecule has 102 heavy (non-hydrogen) atoms. The minimum Gasteiger partial charge on any atom is -0.465 e. The molecule has 0 amide bonds. The van der Waals surface area contributed by atoms with E-state index < -0.39 is 29.3 Å². The van der Waals surface area contributed by atoms with Crippen molar-refractivity contribution in [3.8, 4) is 0 Å². The molecule has 20 nitrogen and oxygen atoms in total. The first-order valence-electron chi connectivity index (χ1n) is 39.1. The van der Waals surface area contributed by atoms with Crippen molar-refractivity contribution in [1.82, 2.24) is 19.6 Å². The van der Waals surface area contributed by atoms with Crippen molar-refractivity contribution in [2.45, 2.75) is 243 Å². The fraction of sp³-hybridized carbons (Fsp3) is 0.852. The number of carbonyl (C=O) groups excluding carboxylic acids is 4. The fourth-order valence-electron chi connectivity index (χ4n) is 12.1. The zero-order valence-electron chi connectivity index (χ0n) is 69.8. The molecule has 0 heterocycles. The largest absolute Gasteiger partial charge is 0.465 e. The molecule has 0 aliphatic rings. The monoisotopic (exact) mass is 1510 g/mol. The van der Waals surface area contributed by atoms with Gasteiger partial charge in [0.1, 0.15) is 31.8 Å². The van der Waals surface area contributed by atoms with E-state index in [9.17, 15) is 19.2 Å². The van der Waals surface area contributed by atoms with E-state index in [0.29, 0.717) is 178 Å². The van der Waals surface area contributed by atoms with Gasteiger partial charge < -0.3 is 18.9 Å². The SMILES string of the molecule is CC(CC(C)C)=NCCN(CCN=C(C)CC(C)C)CCC(=O)OCC(COC(=O)CCN(CCN=C(C)CC(C)C)CCN=C(C)CC(C)C)(COC(=O)CCN(CCN=C(C)CC(C)C)CCN=C(C)CC(C)C)COC(=O)CCN(CCN=C(C)CC(C)C)CCN=C(C)CC(C)C.[Y]. The van der Waals surface area contributed by atoms with Gasteiger partial charge in [-0.15, -0.1) is 0 Å². The van der Waals surface area contributed by atoms with Gasteiger partial charge >= 0.3 is 23.9 Å². The number of ether oxygens (including phenoxy) is 4. The van der Waals surface area contributed by atoms with Crippen LogP contribution in [-0.4, -0.2) is 246 Å². The molecule has 0 aliphatic heterocycles. The summed E-state index contributed by atoms with van der Waals surface area (Å²) in [5.74, 6) is 1.89. The maximum atomic E-state index is 14.3. The second kappa shape index (κ2) is 60.2. The summed E-state index contributed by atoms with van der Waals surface area (Å²) in [4.78, 5) is 105. The number of rotatable bonds is 60.